The summed E-state index contributed by atoms with van der Waals surface area (Å²) in [7, 11) is -0.687. The molecule has 0 spiro atoms. The molecular formula is C54H35NSi. The average molecular weight is 726 g/mol. The molecule has 0 N–H and O–H groups in total. The van der Waals surface area contributed by atoms with Crippen molar-refractivity contribution in [2.45, 2.75) is 0 Å². The molecule has 1 aliphatic rings. The van der Waals surface area contributed by atoms with Gasteiger partial charge in [0, 0.05) is 16.5 Å². The Morgan fingerprint density at radius 3 is 1.21 bits per heavy atom. The van der Waals surface area contributed by atoms with Crippen LogP contribution in [0.15, 0.2) is 200 Å². The number of aromatic nitrogens is 1. The van der Waals surface area contributed by atoms with E-state index >= 15 is 0 Å². The number of nitrogens with zero attached hydrogens (tertiary/aromatic N) is 1. The molecule has 0 amide bonds. The lowest BCUT2D eigenvalue weighted by molar-refractivity contribution is 1.18. The van der Waals surface area contributed by atoms with Gasteiger partial charge in [0.15, 0.2) is 0 Å². The quantitative estimate of drug-likeness (QED) is 0.159. The van der Waals surface area contributed by atoms with Gasteiger partial charge in [0.2, 0.25) is 0 Å². The van der Waals surface area contributed by atoms with E-state index < -0.39 is 9.52 Å². The third-order valence-electron chi connectivity index (χ3n) is 12.2. The van der Waals surface area contributed by atoms with Crippen LogP contribution in [0.25, 0.3) is 104 Å². The molecule has 10 aromatic carbocycles. The maximum atomic E-state index is 2.50. The fraction of sp³-hybridized carbons (Fsp3) is 0. The van der Waals surface area contributed by atoms with Crippen molar-refractivity contribution in [3.8, 4) is 50.2 Å². The van der Waals surface area contributed by atoms with Crippen LogP contribution >= 0.6 is 0 Å². The molecule has 0 bridgehead atoms. The van der Waals surface area contributed by atoms with Crippen molar-refractivity contribution in [1.82, 2.24) is 4.57 Å². The van der Waals surface area contributed by atoms with E-state index in [-0.39, 0.29) is 0 Å². The van der Waals surface area contributed by atoms with Gasteiger partial charge in [0.05, 0.1) is 20.6 Å². The highest BCUT2D eigenvalue weighted by atomic mass is 28.2. The lowest BCUT2D eigenvalue weighted by Gasteiger charge is -2.12. The van der Waals surface area contributed by atoms with E-state index in [0.29, 0.717) is 0 Å². The highest BCUT2D eigenvalue weighted by molar-refractivity contribution is 6.73. The van der Waals surface area contributed by atoms with Gasteiger partial charge >= 0.3 is 0 Å². The van der Waals surface area contributed by atoms with Crippen LogP contribution in [0.1, 0.15) is 0 Å². The molecule has 1 aliphatic heterocycles. The van der Waals surface area contributed by atoms with E-state index in [9.17, 15) is 0 Å². The SMILES string of the molecule is c1ccc2c(-c3ccc4c(c3)[SiH2]c3cc(-n5c6ccc(-c7cccc8ccccc78)cc6c6cc(-c7cccc8ccccc78)ccc65)ccc3-4)cccc2c1. The van der Waals surface area contributed by atoms with Gasteiger partial charge in [0.25, 0.3) is 0 Å². The third-order valence-corrected chi connectivity index (χ3v) is 14.1. The van der Waals surface area contributed by atoms with Gasteiger partial charge in [0.1, 0.15) is 0 Å². The van der Waals surface area contributed by atoms with Crippen LogP contribution in [0.3, 0.4) is 0 Å². The molecule has 12 rings (SSSR count). The predicted molar refractivity (Wildman–Crippen MR) is 243 cm³/mol. The zero-order valence-electron chi connectivity index (χ0n) is 30.7. The molecule has 0 fully saturated rings. The van der Waals surface area contributed by atoms with E-state index in [1.165, 1.54) is 115 Å². The molecule has 0 unspecified atom stereocenters. The smallest absolute Gasteiger partial charge is 0.0892 e. The molecule has 56 heavy (non-hydrogen) atoms. The molecular weight excluding hydrogens is 691 g/mol. The van der Waals surface area contributed by atoms with Crippen LogP contribution in [-0.2, 0) is 0 Å². The summed E-state index contributed by atoms with van der Waals surface area (Å²) < 4.78 is 2.50. The fourth-order valence-corrected chi connectivity index (χ4v) is 11.6. The van der Waals surface area contributed by atoms with Crippen LogP contribution in [-0.4, -0.2) is 14.1 Å². The summed E-state index contributed by atoms with van der Waals surface area (Å²) in [6.07, 6.45) is 0. The second-order valence-corrected chi connectivity index (χ2v) is 17.1. The van der Waals surface area contributed by atoms with Crippen molar-refractivity contribution in [3.63, 3.8) is 0 Å². The monoisotopic (exact) mass is 725 g/mol. The minimum absolute atomic E-state index is 0.687. The van der Waals surface area contributed by atoms with E-state index in [0.717, 1.165) is 0 Å². The number of benzene rings is 10. The summed E-state index contributed by atoms with van der Waals surface area (Å²) in [5.41, 5.74) is 14.1. The first-order chi connectivity index (χ1) is 27.7. The molecule has 2 heteroatoms. The highest BCUT2D eigenvalue weighted by Crippen LogP contribution is 2.40. The predicted octanol–water partition coefficient (Wildman–Crippen LogP) is 12.3. The van der Waals surface area contributed by atoms with Gasteiger partial charge in [-0.25, -0.2) is 0 Å². The molecule has 0 aliphatic carbocycles. The maximum Gasteiger partial charge on any atom is 0.0892 e. The Morgan fingerprint density at radius 1 is 0.286 bits per heavy atom. The lowest BCUT2D eigenvalue weighted by Crippen LogP contribution is -2.21. The van der Waals surface area contributed by atoms with Gasteiger partial charge in [-0.2, -0.15) is 0 Å². The number of rotatable bonds is 4. The second kappa shape index (κ2) is 12.3. The zero-order valence-corrected chi connectivity index (χ0v) is 32.1. The Bertz CT molecular complexity index is 3250. The van der Waals surface area contributed by atoms with Crippen LogP contribution in [0, 0.1) is 0 Å². The van der Waals surface area contributed by atoms with E-state index in [4.69, 9.17) is 0 Å². The van der Waals surface area contributed by atoms with Gasteiger partial charge in [-0.05, 0) is 113 Å². The first-order valence-electron chi connectivity index (χ1n) is 19.5. The largest absolute Gasteiger partial charge is 0.309 e. The van der Waals surface area contributed by atoms with Crippen LogP contribution in [0.4, 0.5) is 0 Å². The number of fused-ring (bicyclic) bond motifs is 9. The summed E-state index contributed by atoms with van der Waals surface area (Å²) in [6, 6.07) is 74.7. The Hall–Kier alpha value is -7.00. The van der Waals surface area contributed by atoms with Crippen molar-refractivity contribution in [2.24, 2.45) is 0 Å². The Kier molecular flexibility index (Phi) is 6.86. The normalized spacial score (nSPS) is 12.6. The minimum atomic E-state index is -0.687. The fourth-order valence-electron chi connectivity index (χ4n) is 9.57. The second-order valence-electron chi connectivity index (χ2n) is 15.3. The molecule has 11 aromatic rings. The molecule has 1 aromatic heterocycles. The van der Waals surface area contributed by atoms with Crippen LogP contribution in [0.5, 0.6) is 0 Å². The van der Waals surface area contributed by atoms with Crippen molar-refractivity contribution in [1.29, 1.82) is 0 Å². The van der Waals surface area contributed by atoms with E-state index in [2.05, 4.69) is 205 Å². The van der Waals surface area contributed by atoms with Crippen molar-refractivity contribution in [3.05, 3.63) is 200 Å². The topological polar surface area (TPSA) is 4.93 Å². The molecule has 0 atom stereocenters. The maximum absolute atomic E-state index is 2.50. The minimum Gasteiger partial charge on any atom is -0.309 e. The molecule has 260 valence electrons. The number of hydrogen-bond donors (Lipinski definition) is 0. The van der Waals surface area contributed by atoms with Crippen LogP contribution < -0.4 is 10.4 Å². The Morgan fingerprint density at radius 2 is 0.696 bits per heavy atom. The standard InChI is InChI=1S/C54H35NSi/c1-4-16-41-34(10-1)13-7-19-44(41)37-23-28-51-49(30-37)50-31-38(45-20-8-14-35-11-2-5-17-42(35)45)24-29-52(50)55(51)40-25-27-48-47-26-22-39(32-53(47)56-54(48)33-40)46-21-9-15-36-12-3-6-18-43(36)46/h1-33H,56H2. The van der Waals surface area contributed by atoms with Crippen molar-refractivity contribution in [2.75, 3.05) is 0 Å². The van der Waals surface area contributed by atoms with Crippen molar-refractivity contribution < 1.29 is 0 Å². The highest BCUT2D eigenvalue weighted by Gasteiger charge is 2.22. The Labute approximate surface area is 327 Å². The van der Waals surface area contributed by atoms with Gasteiger partial charge in [-0.15, -0.1) is 0 Å². The molecule has 1 nitrogen and oxygen atoms in total. The summed E-state index contributed by atoms with van der Waals surface area (Å²) >= 11 is 0. The van der Waals surface area contributed by atoms with Crippen molar-refractivity contribution >= 4 is 74.0 Å². The lowest BCUT2D eigenvalue weighted by atomic mass is 9.95. The molecule has 0 saturated heterocycles. The van der Waals surface area contributed by atoms with Gasteiger partial charge < -0.3 is 4.57 Å². The molecule has 0 radical (unpaired) electrons. The van der Waals surface area contributed by atoms with E-state index in [1.807, 2.05) is 0 Å². The van der Waals surface area contributed by atoms with Crippen LogP contribution in [0.2, 0.25) is 0 Å². The third kappa shape index (κ3) is 4.80. The van der Waals surface area contributed by atoms with Gasteiger partial charge in [-0.1, -0.05) is 174 Å². The molecule has 2 heterocycles. The Balaban J connectivity index is 1.02. The summed E-state index contributed by atoms with van der Waals surface area (Å²) in [5.74, 6) is 0. The van der Waals surface area contributed by atoms with Gasteiger partial charge in [-0.3, -0.25) is 0 Å². The van der Waals surface area contributed by atoms with E-state index in [1.54, 1.807) is 0 Å². The zero-order chi connectivity index (χ0) is 36.7. The summed E-state index contributed by atoms with van der Waals surface area (Å²) in [5, 5.41) is 13.3. The first-order valence-corrected chi connectivity index (χ1v) is 21.0. The molecule has 0 saturated carbocycles. The average Bonchev–Trinajstić information content (AvgIpc) is 3.79. The first kappa shape index (κ1) is 31.4. The summed E-state index contributed by atoms with van der Waals surface area (Å²) in [6.45, 7) is 0. The summed E-state index contributed by atoms with van der Waals surface area (Å²) in [4.78, 5) is 0. The number of hydrogen-bond acceptors (Lipinski definition) is 0.